The predicted molar refractivity (Wildman–Crippen MR) is 164 cm³/mol. The first-order chi connectivity index (χ1) is 18.6. The standard InChI is InChI=1S/C32H53N3O4S/c1-10-18-33(9)26(37)23-24-27(38)34(20-14-12-13-15-21-36)25(32(24)17-16-31(23,8)40-32)28(39)35(19-11-2)30(6,7)22-29(3,4)5/h10-11,23-25,36H,1-2,12-22H2,3-9H3/t23-,24+,25?,31+,32?/m1/s1. The molecule has 3 aliphatic heterocycles. The maximum Gasteiger partial charge on any atom is 0.247 e. The highest BCUT2D eigenvalue weighted by atomic mass is 32.2. The third-order valence-corrected chi connectivity index (χ3v) is 11.1. The molecule has 2 unspecified atom stereocenters. The lowest BCUT2D eigenvalue weighted by Crippen LogP contribution is -2.60. The summed E-state index contributed by atoms with van der Waals surface area (Å²) in [6, 6.07) is -0.614. The topological polar surface area (TPSA) is 81.2 Å². The lowest BCUT2D eigenvalue weighted by atomic mass is 9.66. The van der Waals surface area contributed by atoms with Gasteiger partial charge >= 0.3 is 0 Å². The molecule has 3 heterocycles. The summed E-state index contributed by atoms with van der Waals surface area (Å²) in [4.78, 5) is 48.5. The number of likely N-dealkylation sites (tertiary alicyclic amines) is 1. The lowest BCUT2D eigenvalue weighted by Gasteiger charge is -2.46. The van der Waals surface area contributed by atoms with Crippen molar-refractivity contribution in [2.75, 3.05) is 33.3 Å². The average molecular weight is 576 g/mol. The van der Waals surface area contributed by atoms with Gasteiger partial charge in [0.1, 0.15) is 6.04 Å². The Bertz CT molecular complexity index is 991. The van der Waals surface area contributed by atoms with E-state index in [1.165, 1.54) is 0 Å². The minimum absolute atomic E-state index is 0.00318. The van der Waals surface area contributed by atoms with Crippen LogP contribution in [0.5, 0.6) is 0 Å². The van der Waals surface area contributed by atoms with Crippen molar-refractivity contribution in [2.24, 2.45) is 17.3 Å². The first kappa shape index (κ1) is 32.7. The molecule has 5 atom stereocenters. The zero-order valence-corrected chi connectivity index (χ0v) is 26.8. The maximum atomic E-state index is 14.8. The zero-order chi connectivity index (χ0) is 30.1. The molecule has 0 aliphatic carbocycles. The molecule has 3 fully saturated rings. The summed E-state index contributed by atoms with van der Waals surface area (Å²) in [5.74, 6) is -1.08. The van der Waals surface area contributed by atoms with Crippen LogP contribution >= 0.6 is 11.8 Å². The smallest absolute Gasteiger partial charge is 0.247 e. The van der Waals surface area contributed by atoms with Crippen LogP contribution in [0.15, 0.2) is 25.3 Å². The van der Waals surface area contributed by atoms with E-state index in [2.05, 4.69) is 54.7 Å². The molecule has 226 valence electrons. The highest BCUT2D eigenvalue weighted by molar-refractivity contribution is 8.02. The van der Waals surface area contributed by atoms with Crippen LogP contribution in [-0.4, -0.2) is 91.9 Å². The van der Waals surface area contributed by atoms with Gasteiger partial charge in [0.05, 0.1) is 16.6 Å². The zero-order valence-electron chi connectivity index (χ0n) is 26.0. The van der Waals surface area contributed by atoms with Crippen molar-refractivity contribution in [1.29, 1.82) is 0 Å². The van der Waals surface area contributed by atoms with Gasteiger partial charge in [-0.1, -0.05) is 45.8 Å². The first-order valence-electron chi connectivity index (χ1n) is 15.0. The molecule has 3 saturated heterocycles. The molecule has 1 spiro atoms. The molecule has 7 nitrogen and oxygen atoms in total. The van der Waals surface area contributed by atoms with E-state index in [1.54, 1.807) is 35.9 Å². The second-order valence-corrected chi connectivity index (χ2v) is 16.1. The van der Waals surface area contributed by atoms with Gasteiger partial charge < -0.3 is 19.8 Å². The Labute approximate surface area is 246 Å². The maximum absolute atomic E-state index is 14.8. The molecule has 3 rings (SSSR count). The molecule has 0 saturated carbocycles. The monoisotopic (exact) mass is 575 g/mol. The van der Waals surface area contributed by atoms with Crippen LogP contribution < -0.4 is 0 Å². The van der Waals surface area contributed by atoms with E-state index in [0.717, 1.165) is 44.9 Å². The number of aliphatic hydroxyl groups is 1. The van der Waals surface area contributed by atoms with E-state index in [9.17, 15) is 19.5 Å². The normalized spacial score (nSPS) is 29.4. The average Bonchev–Trinajstić information content (AvgIpc) is 3.41. The number of amides is 3. The van der Waals surface area contributed by atoms with Crippen LogP contribution in [0.2, 0.25) is 0 Å². The van der Waals surface area contributed by atoms with Gasteiger partial charge in [-0.05, 0) is 58.3 Å². The summed E-state index contributed by atoms with van der Waals surface area (Å²) >= 11 is 1.73. The first-order valence-corrected chi connectivity index (χ1v) is 15.8. The predicted octanol–water partition coefficient (Wildman–Crippen LogP) is 4.89. The summed E-state index contributed by atoms with van der Waals surface area (Å²) in [6.45, 7) is 22.1. The quantitative estimate of drug-likeness (QED) is 0.236. The third-order valence-electron chi connectivity index (χ3n) is 9.13. The number of aliphatic hydroxyl groups excluding tert-OH is 1. The number of likely N-dealkylation sites (N-methyl/N-ethyl adjacent to an activating group) is 1. The molecular formula is C32H53N3O4S. The number of hydrogen-bond acceptors (Lipinski definition) is 5. The lowest BCUT2D eigenvalue weighted by molar-refractivity contribution is -0.147. The molecule has 0 radical (unpaired) electrons. The van der Waals surface area contributed by atoms with Crippen molar-refractivity contribution in [3.05, 3.63) is 25.3 Å². The van der Waals surface area contributed by atoms with Crippen molar-refractivity contribution in [2.45, 2.75) is 108 Å². The summed E-state index contributed by atoms with van der Waals surface area (Å²) in [7, 11) is 1.78. The number of carbonyl (C=O) groups is 3. The second-order valence-electron chi connectivity index (χ2n) is 14.2. The van der Waals surface area contributed by atoms with Crippen molar-refractivity contribution < 1.29 is 19.5 Å². The van der Waals surface area contributed by atoms with Crippen molar-refractivity contribution >= 4 is 29.5 Å². The highest BCUT2D eigenvalue weighted by Gasteiger charge is 2.77. The number of hydrogen-bond donors (Lipinski definition) is 1. The molecule has 3 amide bonds. The number of fused-ring (bicyclic) bond motifs is 1. The summed E-state index contributed by atoms with van der Waals surface area (Å²) in [5.41, 5.74) is -0.443. The van der Waals surface area contributed by atoms with Crippen LogP contribution in [0.1, 0.15) is 86.5 Å². The third kappa shape index (κ3) is 6.04. The Hall–Kier alpha value is -1.80. The molecule has 0 aromatic rings. The summed E-state index contributed by atoms with van der Waals surface area (Å²) in [5, 5.41) is 9.20. The van der Waals surface area contributed by atoms with E-state index < -0.39 is 28.2 Å². The van der Waals surface area contributed by atoms with Crippen LogP contribution in [0, 0.1) is 17.3 Å². The van der Waals surface area contributed by atoms with E-state index in [-0.39, 0.29) is 34.5 Å². The minimum Gasteiger partial charge on any atom is -0.396 e. The van der Waals surface area contributed by atoms with E-state index in [1.807, 2.05) is 9.80 Å². The fourth-order valence-corrected chi connectivity index (χ4v) is 10.2. The van der Waals surface area contributed by atoms with Gasteiger partial charge in [-0.2, -0.15) is 0 Å². The fourth-order valence-electron chi connectivity index (χ4n) is 7.90. The highest BCUT2D eigenvalue weighted by Crippen LogP contribution is 2.71. The number of rotatable bonds is 14. The Morgan fingerprint density at radius 2 is 1.68 bits per heavy atom. The van der Waals surface area contributed by atoms with Crippen molar-refractivity contribution in [3.8, 4) is 0 Å². The molecule has 40 heavy (non-hydrogen) atoms. The van der Waals surface area contributed by atoms with Gasteiger partial charge in [-0.25, -0.2) is 0 Å². The van der Waals surface area contributed by atoms with E-state index in [4.69, 9.17) is 0 Å². The molecule has 3 aliphatic rings. The Kier molecular flexibility index (Phi) is 9.98. The van der Waals surface area contributed by atoms with Crippen LogP contribution in [0.3, 0.4) is 0 Å². The summed E-state index contributed by atoms with van der Waals surface area (Å²) < 4.78 is -1.01. The number of nitrogens with zero attached hydrogens (tertiary/aromatic N) is 3. The second kappa shape index (κ2) is 12.2. The van der Waals surface area contributed by atoms with Gasteiger partial charge in [0.25, 0.3) is 0 Å². The molecule has 1 N–H and O–H groups in total. The van der Waals surface area contributed by atoms with Gasteiger partial charge in [0.15, 0.2) is 0 Å². The van der Waals surface area contributed by atoms with Crippen molar-refractivity contribution in [1.82, 2.24) is 14.7 Å². The largest absolute Gasteiger partial charge is 0.396 e. The van der Waals surface area contributed by atoms with Crippen LogP contribution in [0.25, 0.3) is 0 Å². The number of unbranched alkanes of at least 4 members (excludes halogenated alkanes) is 3. The fraction of sp³-hybridized carbons (Fsp3) is 0.781. The van der Waals surface area contributed by atoms with Gasteiger partial charge in [0, 0.05) is 43.6 Å². The molecule has 2 bridgehead atoms. The SMILES string of the molecule is C=CCN(C)C(=O)[C@H]1[C@H]2C(=O)N(CCCCCCO)C(C(=O)N(CC=C)C(C)(C)CC(C)(C)C)C23CC[C@]1(C)S3. The van der Waals surface area contributed by atoms with E-state index in [0.29, 0.717) is 19.6 Å². The van der Waals surface area contributed by atoms with Crippen molar-refractivity contribution in [3.63, 3.8) is 0 Å². The Balaban J connectivity index is 2.06. The molecule has 0 aromatic heterocycles. The van der Waals surface area contributed by atoms with Crippen LogP contribution in [-0.2, 0) is 14.4 Å². The van der Waals surface area contributed by atoms with Gasteiger partial charge in [0.2, 0.25) is 17.7 Å². The van der Waals surface area contributed by atoms with Gasteiger partial charge in [-0.15, -0.1) is 24.9 Å². The number of thioether (sulfide) groups is 1. The van der Waals surface area contributed by atoms with Crippen LogP contribution in [0.4, 0.5) is 0 Å². The number of carbonyl (C=O) groups excluding carboxylic acids is 3. The van der Waals surface area contributed by atoms with Gasteiger partial charge in [-0.3, -0.25) is 14.4 Å². The minimum atomic E-state index is -0.624. The molecule has 0 aromatic carbocycles. The Morgan fingerprint density at radius 3 is 2.25 bits per heavy atom. The molecular weight excluding hydrogens is 522 g/mol. The molecule has 8 heteroatoms. The van der Waals surface area contributed by atoms with E-state index >= 15 is 0 Å². The Morgan fingerprint density at radius 1 is 1.05 bits per heavy atom. The summed E-state index contributed by atoms with van der Waals surface area (Å²) in [6.07, 6.45) is 9.11.